The van der Waals surface area contributed by atoms with Crippen LogP contribution in [0.15, 0.2) is 30.3 Å². The molecule has 0 heterocycles. The zero-order chi connectivity index (χ0) is 9.65. The summed E-state index contributed by atoms with van der Waals surface area (Å²) in [7, 11) is 0. The summed E-state index contributed by atoms with van der Waals surface area (Å²) in [6.07, 6.45) is 6.39. The third kappa shape index (κ3) is 1.19. The molecule has 0 aromatic heterocycles. The topological polar surface area (TPSA) is 26.0 Å². The van der Waals surface area contributed by atoms with Gasteiger partial charge in [-0.05, 0) is 43.1 Å². The van der Waals surface area contributed by atoms with Crippen molar-refractivity contribution in [2.75, 3.05) is 0 Å². The van der Waals surface area contributed by atoms with Gasteiger partial charge in [0.05, 0.1) is 0 Å². The molecule has 1 aromatic rings. The van der Waals surface area contributed by atoms with E-state index in [1.165, 1.54) is 37.7 Å². The molecule has 3 rings (SSSR count). The Hall–Kier alpha value is -0.820. The molecular weight excluding hydrogens is 170 g/mol. The minimum absolute atomic E-state index is 0.211. The molecule has 14 heavy (non-hydrogen) atoms. The van der Waals surface area contributed by atoms with E-state index < -0.39 is 0 Å². The van der Waals surface area contributed by atoms with Gasteiger partial charge in [0.1, 0.15) is 0 Å². The number of nitrogens with two attached hydrogens (primary N) is 1. The van der Waals surface area contributed by atoms with Crippen LogP contribution in [-0.2, 0) is 6.42 Å². The van der Waals surface area contributed by atoms with Gasteiger partial charge in [0.2, 0.25) is 0 Å². The molecular formula is C13H17N. The van der Waals surface area contributed by atoms with E-state index in [2.05, 4.69) is 30.3 Å². The van der Waals surface area contributed by atoms with E-state index in [1.807, 2.05) is 0 Å². The first-order valence-electron chi connectivity index (χ1n) is 5.57. The highest BCUT2D eigenvalue weighted by molar-refractivity contribution is 5.26. The molecule has 0 atom stereocenters. The second-order valence-corrected chi connectivity index (χ2v) is 5.10. The van der Waals surface area contributed by atoms with Gasteiger partial charge < -0.3 is 5.73 Å². The Morgan fingerprint density at radius 3 is 2.14 bits per heavy atom. The second-order valence-electron chi connectivity index (χ2n) is 5.10. The molecule has 2 fully saturated rings. The van der Waals surface area contributed by atoms with E-state index in [-0.39, 0.29) is 5.54 Å². The van der Waals surface area contributed by atoms with Crippen molar-refractivity contribution in [3.63, 3.8) is 0 Å². The fourth-order valence-electron chi connectivity index (χ4n) is 2.65. The predicted octanol–water partition coefficient (Wildman–Crippen LogP) is 2.50. The second kappa shape index (κ2) is 2.60. The van der Waals surface area contributed by atoms with E-state index in [0.29, 0.717) is 5.41 Å². The van der Waals surface area contributed by atoms with Crippen molar-refractivity contribution >= 4 is 0 Å². The van der Waals surface area contributed by atoms with Crippen LogP contribution >= 0.6 is 0 Å². The zero-order valence-corrected chi connectivity index (χ0v) is 8.50. The molecule has 2 aliphatic rings. The molecule has 1 aromatic carbocycles. The summed E-state index contributed by atoms with van der Waals surface area (Å²) >= 11 is 0. The first-order valence-corrected chi connectivity index (χ1v) is 5.57. The van der Waals surface area contributed by atoms with Crippen LogP contribution in [0.25, 0.3) is 0 Å². The first-order chi connectivity index (χ1) is 6.74. The van der Waals surface area contributed by atoms with Crippen molar-refractivity contribution in [2.24, 2.45) is 11.1 Å². The monoisotopic (exact) mass is 187 g/mol. The van der Waals surface area contributed by atoms with Crippen molar-refractivity contribution in [3.05, 3.63) is 35.9 Å². The third-order valence-electron chi connectivity index (χ3n) is 4.08. The lowest BCUT2D eigenvalue weighted by atomic mass is 9.87. The highest BCUT2D eigenvalue weighted by Gasteiger charge is 2.62. The largest absolute Gasteiger partial charge is 0.325 e. The highest BCUT2D eigenvalue weighted by atomic mass is 14.9. The maximum atomic E-state index is 6.33. The molecule has 1 nitrogen and oxygen atoms in total. The lowest BCUT2D eigenvalue weighted by Gasteiger charge is -2.22. The summed E-state index contributed by atoms with van der Waals surface area (Å²) in [6, 6.07) is 10.8. The zero-order valence-electron chi connectivity index (χ0n) is 8.50. The molecule has 0 saturated heterocycles. The van der Waals surface area contributed by atoms with Crippen LogP contribution in [0.1, 0.15) is 31.2 Å². The normalized spacial score (nSPS) is 25.8. The van der Waals surface area contributed by atoms with Crippen LogP contribution in [0.3, 0.4) is 0 Å². The SMILES string of the molecule is NC1(C2(Cc3ccccc3)CC2)CC1. The fourth-order valence-corrected chi connectivity index (χ4v) is 2.65. The molecule has 0 aliphatic heterocycles. The van der Waals surface area contributed by atoms with Gasteiger partial charge in [-0.1, -0.05) is 30.3 Å². The van der Waals surface area contributed by atoms with Gasteiger partial charge in [-0.15, -0.1) is 0 Å². The molecule has 1 heteroatoms. The van der Waals surface area contributed by atoms with Crippen LogP contribution in [0, 0.1) is 5.41 Å². The van der Waals surface area contributed by atoms with Gasteiger partial charge in [-0.2, -0.15) is 0 Å². The van der Waals surface area contributed by atoms with Gasteiger partial charge in [0.15, 0.2) is 0 Å². The molecule has 0 amide bonds. The molecule has 0 bridgehead atoms. The maximum absolute atomic E-state index is 6.33. The molecule has 0 unspecified atom stereocenters. The van der Waals surface area contributed by atoms with E-state index in [1.54, 1.807) is 0 Å². The fraction of sp³-hybridized carbons (Fsp3) is 0.538. The van der Waals surface area contributed by atoms with Gasteiger partial charge in [0, 0.05) is 5.54 Å². The van der Waals surface area contributed by atoms with Crippen molar-refractivity contribution in [1.82, 2.24) is 0 Å². The van der Waals surface area contributed by atoms with Gasteiger partial charge in [-0.3, -0.25) is 0 Å². The van der Waals surface area contributed by atoms with Crippen LogP contribution < -0.4 is 5.73 Å². The van der Waals surface area contributed by atoms with Crippen molar-refractivity contribution in [2.45, 2.75) is 37.6 Å². The van der Waals surface area contributed by atoms with Crippen molar-refractivity contribution in [1.29, 1.82) is 0 Å². The highest BCUT2D eigenvalue weighted by Crippen LogP contribution is 2.64. The Morgan fingerprint density at radius 1 is 1.00 bits per heavy atom. The molecule has 2 N–H and O–H groups in total. The number of hydrogen-bond acceptors (Lipinski definition) is 1. The molecule has 0 spiro atoms. The Balaban J connectivity index is 1.79. The standard InChI is InChI=1S/C13H17N/c14-13(8-9-13)12(6-7-12)10-11-4-2-1-3-5-11/h1-5H,6-10,14H2. The summed E-state index contributed by atoms with van der Waals surface area (Å²) < 4.78 is 0. The number of benzene rings is 1. The van der Waals surface area contributed by atoms with E-state index in [4.69, 9.17) is 5.73 Å². The lowest BCUT2D eigenvalue weighted by Crippen LogP contribution is -2.35. The molecule has 74 valence electrons. The molecule has 2 aliphatic carbocycles. The Morgan fingerprint density at radius 2 is 1.64 bits per heavy atom. The van der Waals surface area contributed by atoms with Gasteiger partial charge in [0.25, 0.3) is 0 Å². The smallest absolute Gasteiger partial charge is 0.0215 e. The first kappa shape index (κ1) is 8.49. The average Bonchev–Trinajstić information content (AvgIpc) is 3.07. The Bertz CT molecular complexity index is 334. The third-order valence-corrected chi connectivity index (χ3v) is 4.08. The van der Waals surface area contributed by atoms with Gasteiger partial charge in [-0.25, -0.2) is 0 Å². The number of hydrogen-bond donors (Lipinski definition) is 1. The summed E-state index contributed by atoms with van der Waals surface area (Å²) in [4.78, 5) is 0. The average molecular weight is 187 g/mol. The van der Waals surface area contributed by atoms with E-state index in [0.717, 1.165) is 0 Å². The van der Waals surface area contributed by atoms with Crippen LogP contribution in [0.5, 0.6) is 0 Å². The summed E-state index contributed by atoms with van der Waals surface area (Å²) in [6.45, 7) is 0. The van der Waals surface area contributed by atoms with Crippen LogP contribution in [0.2, 0.25) is 0 Å². The molecule has 2 saturated carbocycles. The van der Waals surface area contributed by atoms with Crippen LogP contribution in [0.4, 0.5) is 0 Å². The minimum atomic E-state index is 0.211. The lowest BCUT2D eigenvalue weighted by molar-refractivity contribution is 0.376. The van der Waals surface area contributed by atoms with E-state index in [9.17, 15) is 0 Å². The minimum Gasteiger partial charge on any atom is -0.325 e. The summed E-state index contributed by atoms with van der Waals surface area (Å²) in [5.41, 5.74) is 8.49. The molecule has 0 radical (unpaired) electrons. The Labute approximate surface area is 85.3 Å². The Kier molecular flexibility index (Phi) is 1.58. The quantitative estimate of drug-likeness (QED) is 0.773. The summed E-state index contributed by atoms with van der Waals surface area (Å²) in [5, 5.41) is 0. The van der Waals surface area contributed by atoms with E-state index >= 15 is 0 Å². The van der Waals surface area contributed by atoms with Gasteiger partial charge >= 0.3 is 0 Å². The van der Waals surface area contributed by atoms with Crippen LogP contribution in [-0.4, -0.2) is 5.54 Å². The van der Waals surface area contributed by atoms with Crippen molar-refractivity contribution < 1.29 is 0 Å². The number of rotatable bonds is 3. The predicted molar refractivity (Wildman–Crippen MR) is 58.0 cm³/mol. The van der Waals surface area contributed by atoms with Crippen molar-refractivity contribution in [3.8, 4) is 0 Å². The summed E-state index contributed by atoms with van der Waals surface area (Å²) in [5.74, 6) is 0. The maximum Gasteiger partial charge on any atom is 0.0215 e.